The summed E-state index contributed by atoms with van der Waals surface area (Å²) in [5.74, 6) is 0.558. The second-order valence-corrected chi connectivity index (χ2v) is 4.82. The number of nitrogens with zero attached hydrogens (tertiary/aromatic N) is 4. The van der Waals surface area contributed by atoms with Crippen LogP contribution in [0.4, 0.5) is 5.95 Å². The highest BCUT2D eigenvalue weighted by Crippen LogP contribution is 2.17. The third kappa shape index (κ3) is 3.41. The number of likely N-dealkylation sites (tertiary alicyclic amines) is 1. The summed E-state index contributed by atoms with van der Waals surface area (Å²) in [7, 11) is 1.80. The average molecular weight is 264 g/mol. The van der Waals surface area contributed by atoms with Crippen molar-refractivity contribution >= 4 is 11.9 Å². The molecule has 1 aliphatic rings. The van der Waals surface area contributed by atoms with Gasteiger partial charge in [0.2, 0.25) is 11.9 Å². The Morgan fingerprint density at radius 2 is 2.21 bits per heavy atom. The number of carbonyl (C=O) groups is 1. The normalized spacial score (nSPS) is 19.3. The van der Waals surface area contributed by atoms with E-state index in [0.717, 1.165) is 25.8 Å². The summed E-state index contributed by atoms with van der Waals surface area (Å²) in [6.45, 7) is 1.01. The molecule has 1 unspecified atom stereocenters. The maximum atomic E-state index is 12.3. The minimum atomic E-state index is -0.0358. The van der Waals surface area contributed by atoms with Crippen LogP contribution in [-0.4, -0.2) is 58.7 Å². The smallest absolute Gasteiger partial charge is 0.242 e. The molecule has 1 N–H and O–H groups in total. The molecule has 0 aliphatic carbocycles. The molecule has 104 valence electrons. The zero-order valence-corrected chi connectivity index (χ0v) is 11.2. The lowest BCUT2D eigenvalue weighted by Crippen LogP contribution is -2.49. The first kappa shape index (κ1) is 13.7. The fraction of sp³-hybridized carbons (Fsp3) is 0.615. The van der Waals surface area contributed by atoms with Crippen LogP contribution < -0.4 is 4.90 Å². The number of aliphatic hydroxyl groups excluding tert-OH is 1. The molecule has 6 nitrogen and oxygen atoms in total. The number of hydrogen-bond donors (Lipinski definition) is 1. The molecule has 1 aromatic heterocycles. The van der Waals surface area contributed by atoms with Crippen molar-refractivity contribution in [2.45, 2.75) is 25.3 Å². The van der Waals surface area contributed by atoms with E-state index in [4.69, 9.17) is 0 Å². The molecule has 1 aliphatic heterocycles. The Labute approximate surface area is 113 Å². The van der Waals surface area contributed by atoms with Gasteiger partial charge in [-0.1, -0.05) is 0 Å². The van der Waals surface area contributed by atoms with E-state index in [2.05, 4.69) is 9.97 Å². The van der Waals surface area contributed by atoms with Crippen LogP contribution in [0, 0.1) is 0 Å². The van der Waals surface area contributed by atoms with Gasteiger partial charge in [0.25, 0.3) is 0 Å². The number of hydrogen-bond acceptors (Lipinski definition) is 5. The van der Waals surface area contributed by atoms with Gasteiger partial charge in [-0.3, -0.25) is 4.79 Å². The molecule has 0 radical (unpaired) electrons. The van der Waals surface area contributed by atoms with Crippen molar-refractivity contribution in [3.63, 3.8) is 0 Å². The minimum Gasteiger partial charge on any atom is -0.394 e. The van der Waals surface area contributed by atoms with Crippen molar-refractivity contribution in [2.24, 2.45) is 0 Å². The van der Waals surface area contributed by atoms with Crippen molar-refractivity contribution in [1.29, 1.82) is 0 Å². The Kier molecular flexibility index (Phi) is 4.68. The summed E-state index contributed by atoms with van der Waals surface area (Å²) in [4.78, 5) is 24.0. The van der Waals surface area contributed by atoms with Crippen molar-refractivity contribution in [2.75, 3.05) is 31.6 Å². The highest BCUT2D eigenvalue weighted by atomic mass is 16.3. The van der Waals surface area contributed by atoms with Crippen LogP contribution in [0.25, 0.3) is 0 Å². The number of aliphatic hydroxyl groups is 1. The Balaban J connectivity index is 1.96. The van der Waals surface area contributed by atoms with Gasteiger partial charge < -0.3 is 14.9 Å². The van der Waals surface area contributed by atoms with E-state index in [9.17, 15) is 9.90 Å². The highest BCUT2D eigenvalue weighted by molar-refractivity contribution is 5.81. The predicted molar refractivity (Wildman–Crippen MR) is 71.7 cm³/mol. The third-order valence-electron chi connectivity index (χ3n) is 3.42. The van der Waals surface area contributed by atoms with E-state index >= 15 is 0 Å². The molecule has 2 heterocycles. The van der Waals surface area contributed by atoms with E-state index in [-0.39, 0.29) is 25.1 Å². The van der Waals surface area contributed by atoms with Gasteiger partial charge in [0.15, 0.2) is 0 Å². The third-order valence-corrected chi connectivity index (χ3v) is 3.42. The predicted octanol–water partition coefficient (Wildman–Crippen LogP) is 0.286. The van der Waals surface area contributed by atoms with Gasteiger partial charge >= 0.3 is 0 Å². The van der Waals surface area contributed by atoms with E-state index in [0.29, 0.717) is 5.95 Å². The van der Waals surface area contributed by atoms with Gasteiger partial charge in [0, 0.05) is 26.0 Å². The molecule has 1 amide bonds. The van der Waals surface area contributed by atoms with Crippen molar-refractivity contribution in [1.82, 2.24) is 14.9 Å². The summed E-state index contributed by atoms with van der Waals surface area (Å²) >= 11 is 0. The van der Waals surface area contributed by atoms with Gasteiger partial charge in [-0.25, -0.2) is 9.97 Å². The molecule has 1 aromatic rings. The molecule has 0 aromatic carbocycles. The van der Waals surface area contributed by atoms with Crippen LogP contribution >= 0.6 is 0 Å². The first-order valence-electron chi connectivity index (χ1n) is 6.61. The maximum absolute atomic E-state index is 12.3. The zero-order chi connectivity index (χ0) is 13.7. The fourth-order valence-corrected chi connectivity index (χ4v) is 2.37. The van der Waals surface area contributed by atoms with Gasteiger partial charge in [-0.15, -0.1) is 0 Å². The molecule has 0 saturated carbocycles. The lowest BCUT2D eigenvalue weighted by atomic mass is 10.0. The van der Waals surface area contributed by atoms with Crippen LogP contribution in [0.3, 0.4) is 0 Å². The average Bonchev–Trinajstić information content (AvgIpc) is 2.48. The Bertz CT molecular complexity index is 412. The molecule has 0 spiro atoms. The highest BCUT2D eigenvalue weighted by Gasteiger charge is 2.26. The van der Waals surface area contributed by atoms with Crippen molar-refractivity contribution in [3.05, 3.63) is 18.5 Å². The topological polar surface area (TPSA) is 69.6 Å². The summed E-state index contributed by atoms with van der Waals surface area (Å²) < 4.78 is 0. The number of carbonyl (C=O) groups excluding carboxylic acids is 1. The van der Waals surface area contributed by atoms with Gasteiger partial charge in [0.1, 0.15) is 0 Å². The number of likely N-dealkylation sites (N-methyl/N-ethyl adjacent to an activating group) is 1. The van der Waals surface area contributed by atoms with Crippen molar-refractivity contribution < 1.29 is 9.90 Å². The quantitative estimate of drug-likeness (QED) is 0.846. The Morgan fingerprint density at radius 3 is 2.89 bits per heavy atom. The minimum absolute atomic E-state index is 0.0219. The van der Waals surface area contributed by atoms with E-state index < -0.39 is 0 Å². The number of aromatic nitrogens is 2. The van der Waals surface area contributed by atoms with Crippen LogP contribution in [0.15, 0.2) is 18.5 Å². The summed E-state index contributed by atoms with van der Waals surface area (Å²) in [6, 6.07) is 1.71. The number of amides is 1. The monoisotopic (exact) mass is 264 g/mol. The van der Waals surface area contributed by atoms with Gasteiger partial charge in [0.05, 0.1) is 19.2 Å². The summed E-state index contributed by atoms with van der Waals surface area (Å²) in [5.41, 5.74) is 0. The Hall–Kier alpha value is -1.69. The lowest BCUT2D eigenvalue weighted by Gasteiger charge is -2.35. The molecule has 19 heavy (non-hydrogen) atoms. The van der Waals surface area contributed by atoms with Gasteiger partial charge in [-0.2, -0.15) is 0 Å². The lowest BCUT2D eigenvalue weighted by molar-refractivity contribution is -0.134. The summed E-state index contributed by atoms with van der Waals surface area (Å²) in [6.07, 6.45) is 6.27. The zero-order valence-electron chi connectivity index (χ0n) is 11.2. The molecule has 2 rings (SSSR count). The molecule has 0 bridgehead atoms. The summed E-state index contributed by atoms with van der Waals surface area (Å²) in [5, 5.41) is 9.33. The molecular formula is C13H20N4O2. The van der Waals surface area contributed by atoms with Crippen LogP contribution in [0.1, 0.15) is 19.3 Å². The SMILES string of the molecule is CN(CC(=O)N1CCCCC1CO)c1ncccn1. The molecule has 1 atom stereocenters. The first-order chi connectivity index (χ1) is 9.22. The van der Waals surface area contributed by atoms with Crippen LogP contribution in [0.5, 0.6) is 0 Å². The van der Waals surface area contributed by atoms with Crippen LogP contribution in [0.2, 0.25) is 0 Å². The fourth-order valence-electron chi connectivity index (χ4n) is 2.37. The molecule has 1 saturated heterocycles. The van der Waals surface area contributed by atoms with Crippen LogP contribution in [-0.2, 0) is 4.79 Å². The number of rotatable bonds is 4. The first-order valence-corrected chi connectivity index (χ1v) is 6.61. The molecule has 6 heteroatoms. The van der Waals surface area contributed by atoms with Gasteiger partial charge in [-0.05, 0) is 25.3 Å². The van der Waals surface area contributed by atoms with E-state index in [1.807, 2.05) is 0 Å². The number of piperidine rings is 1. The standard InChI is InChI=1S/C13H20N4O2/c1-16(13-14-6-4-7-15-13)9-12(19)17-8-3-2-5-11(17)10-18/h4,6-7,11,18H,2-3,5,8-10H2,1H3. The second kappa shape index (κ2) is 6.47. The molecular weight excluding hydrogens is 244 g/mol. The van der Waals surface area contributed by atoms with Crippen molar-refractivity contribution in [3.8, 4) is 0 Å². The van der Waals surface area contributed by atoms with E-state index in [1.165, 1.54) is 0 Å². The number of anilines is 1. The molecule has 1 fully saturated rings. The largest absolute Gasteiger partial charge is 0.394 e. The maximum Gasteiger partial charge on any atom is 0.242 e. The second-order valence-electron chi connectivity index (χ2n) is 4.82. The Morgan fingerprint density at radius 1 is 1.47 bits per heavy atom. The van der Waals surface area contributed by atoms with E-state index in [1.54, 1.807) is 35.3 Å².